The first-order valence-corrected chi connectivity index (χ1v) is 9.55. The SMILES string of the molecule is CCCCOc1ccc(B2OC(C)(C)C(C)(C)O2)c2c1C(=O)OC(C)(C)O2. The Morgan fingerprint density at radius 2 is 1.63 bits per heavy atom. The van der Waals surface area contributed by atoms with E-state index in [9.17, 15) is 4.79 Å². The Morgan fingerprint density at radius 3 is 2.22 bits per heavy atom. The zero-order chi connectivity index (χ0) is 20.0. The largest absolute Gasteiger partial charge is 0.498 e. The second kappa shape index (κ2) is 6.71. The second-order valence-corrected chi connectivity index (χ2v) is 8.54. The first-order valence-electron chi connectivity index (χ1n) is 9.55. The number of carbonyl (C=O) groups excluding carboxylic acids is 1. The van der Waals surface area contributed by atoms with E-state index in [1.165, 1.54) is 0 Å². The minimum Gasteiger partial charge on any atom is -0.493 e. The number of hydrogen-bond acceptors (Lipinski definition) is 6. The fourth-order valence-electron chi connectivity index (χ4n) is 3.03. The Labute approximate surface area is 161 Å². The highest BCUT2D eigenvalue weighted by Crippen LogP contribution is 2.40. The van der Waals surface area contributed by atoms with Gasteiger partial charge in [0.2, 0.25) is 5.79 Å². The molecule has 0 N–H and O–H groups in total. The summed E-state index contributed by atoms with van der Waals surface area (Å²) in [5, 5.41) is 0. The second-order valence-electron chi connectivity index (χ2n) is 8.54. The summed E-state index contributed by atoms with van der Waals surface area (Å²) in [4.78, 5) is 12.7. The Bertz CT molecular complexity index is 724. The van der Waals surface area contributed by atoms with Crippen LogP contribution in [-0.2, 0) is 14.0 Å². The Hall–Kier alpha value is -1.73. The molecule has 6 nitrogen and oxygen atoms in total. The van der Waals surface area contributed by atoms with Gasteiger partial charge < -0.3 is 23.5 Å². The lowest BCUT2D eigenvalue weighted by atomic mass is 9.77. The number of cyclic esters (lactones) is 1. The molecule has 1 fully saturated rings. The van der Waals surface area contributed by atoms with Crippen molar-refractivity contribution in [2.45, 2.75) is 78.3 Å². The third-order valence-electron chi connectivity index (χ3n) is 5.30. The summed E-state index contributed by atoms with van der Waals surface area (Å²) in [6.45, 7) is 14.0. The zero-order valence-electron chi connectivity index (χ0n) is 17.3. The van der Waals surface area contributed by atoms with E-state index in [1.807, 2.05) is 33.8 Å². The van der Waals surface area contributed by atoms with Crippen molar-refractivity contribution in [2.24, 2.45) is 0 Å². The van der Waals surface area contributed by atoms with Gasteiger partial charge in [0.25, 0.3) is 0 Å². The molecule has 0 aliphatic carbocycles. The van der Waals surface area contributed by atoms with Gasteiger partial charge in [-0.2, -0.15) is 0 Å². The Balaban J connectivity index is 2.04. The quantitative estimate of drug-likeness (QED) is 0.446. The number of carbonyl (C=O) groups is 1. The molecule has 0 bridgehead atoms. The van der Waals surface area contributed by atoms with Gasteiger partial charge in [0.05, 0.1) is 17.8 Å². The molecule has 0 atom stereocenters. The molecule has 27 heavy (non-hydrogen) atoms. The number of benzene rings is 1. The molecule has 148 valence electrons. The van der Waals surface area contributed by atoms with E-state index in [0.29, 0.717) is 23.6 Å². The van der Waals surface area contributed by atoms with E-state index in [0.717, 1.165) is 12.8 Å². The van der Waals surface area contributed by atoms with Crippen LogP contribution in [0, 0.1) is 0 Å². The Morgan fingerprint density at radius 1 is 1.00 bits per heavy atom. The molecule has 7 heteroatoms. The summed E-state index contributed by atoms with van der Waals surface area (Å²) < 4.78 is 29.6. The number of esters is 1. The molecular formula is C20H29BO6. The number of rotatable bonds is 5. The molecular weight excluding hydrogens is 347 g/mol. The van der Waals surface area contributed by atoms with Gasteiger partial charge >= 0.3 is 13.1 Å². The first-order chi connectivity index (χ1) is 12.5. The average Bonchev–Trinajstić information content (AvgIpc) is 2.73. The molecule has 0 radical (unpaired) electrons. The van der Waals surface area contributed by atoms with E-state index in [2.05, 4.69) is 6.92 Å². The average molecular weight is 376 g/mol. The van der Waals surface area contributed by atoms with Crippen LogP contribution in [0.1, 0.15) is 71.7 Å². The molecule has 0 spiro atoms. The van der Waals surface area contributed by atoms with Crippen molar-refractivity contribution >= 4 is 18.6 Å². The summed E-state index contributed by atoms with van der Waals surface area (Å²) in [5.41, 5.74) is -0.0364. The van der Waals surface area contributed by atoms with Crippen molar-refractivity contribution in [3.05, 3.63) is 17.7 Å². The van der Waals surface area contributed by atoms with E-state index in [-0.39, 0.29) is 5.56 Å². The maximum Gasteiger partial charge on any atom is 0.498 e. The lowest BCUT2D eigenvalue weighted by Crippen LogP contribution is -2.44. The van der Waals surface area contributed by atoms with Gasteiger partial charge in [0, 0.05) is 19.3 Å². The van der Waals surface area contributed by atoms with Crippen LogP contribution in [0.2, 0.25) is 0 Å². The predicted molar refractivity (Wildman–Crippen MR) is 103 cm³/mol. The van der Waals surface area contributed by atoms with Crippen LogP contribution in [0.25, 0.3) is 0 Å². The molecule has 2 aliphatic heterocycles. The molecule has 2 aliphatic rings. The molecule has 1 aromatic carbocycles. The molecule has 0 aromatic heterocycles. The predicted octanol–water partition coefficient (Wildman–Crippen LogP) is 3.45. The van der Waals surface area contributed by atoms with Crippen LogP contribution in [-0.4, -0.2) is 36.7 Å². The van der Waals surface area contributed by atoms with Crippen molar-refractivity contribution < 1.29 is 28.3 Å². The van der Waals surface area contributed by atoms with E-state index in [1.54, 1.807) is 19.9 Å². The van der Waals surface area contributed by atoms with Crippen LogP contribution in [0.5, 0.6) is 11.5 Å². The fourth-order valence-corrected chi connectivity index (χ4v) is 3.03. The summed E-state index contributed by atoms with van der Waals surface area (Å²) in [7, 11) is -0.643. The number of fused-ring (bicyclic) bond motifs is 1. The van der Waals surface area contributed by atoms with Gasteiger partial charge in [-0.3, -0.25) is 0 Å². The lowest BCUT2D eigenvalue weighted by molar-refractivity contribution is -0.127. The van der Waals surface area contributed by atoms with Crippen LogP contribution < -0.4 is 14.9 Å². The molecule has 3 rings (SSSR count). The van der Waals surface area contributed by atoms with Crippen molar-refractivity contribution in [1.82, 2.24) is 0 Å². The number of ether oxygens (including phenoxy) is 3. The molecule has 0 unspecified atom stereocenters. The highest BCUT2D eigenvalue weighted by molar-refractivity contribution is 6.63. The summed E-state index contributed by atoms with van der Waals surface area (Å²) in [6, 6.07) is 3.61. The molecule has 1 aromatic rings. The smallest absolute Gasteiger partial charge is 0.493 e. The first kappa shape index (κ1) is 20.0. The number of unbranched alkanes of at least 4 members (excludes halogenated alkanes) is 1. The van der Waals surface area contributed by atoms with Gasteiger partial charge in [-0.15, -0.1) is 0 Å². The highest BCUT2D eigenvalue weighted by Gasteiger charge is 2.53. The summed E-state index contributed by atoms with van der Waals surface area (Å²) >= 11 is 0. The van der Waals surface area contributed by atoms with Crippen LogP contribution in [0.3, 0.4) is 0 Å². The highest BCUT2D eigenvalue weighted by atomic mass is 16.7. The third-order valence-corrected chi connectivity index (χ3v) is 5.30. The van der Waals surface area contributed by atoms with E-state index < -0.39 is 30.1 Å². The van der Waals surface area contributed by atoms with E-state index >= 15 is 0 Å². The molecule has 0 amide bonds. The summed E-state index contributed by atoms with van der Waals surface area (Å²) in [5.74, 6) is -0.682. The molecule has 2 heterocycles. The van der Waals surface area contributed by atoms with Crippen molar-refractivity contribution in [1.29, 1.82) is 0 Å². The lowest BCUT2D eigenvalue weighted by Gasteiger charge is -2.34. The van der Waals surface area contributed by atoms with Crippen LogP contribution in [0.15, 0.2) is 12.1 Å². The third kappa shape index (κ3) is 3.67. The maximum atomic E-state index is 12.7. The summed E-state index contributed by atoms with van der Waals surface area (Å²) in [6.07, 6.45) is 1.90. The van der Waals surface area contributed by atoms with Crippen LogP contribution >= 0.6 is 0 Å². The van der Waals surface area contributed by atoms with Gasteiger partial charge in [0.1, 0.15) is 17.1 Å². The maximum absolute atomic E-state index is 12.7. The topological polar surface area (TPSA) is 63.2 Å². The van der Waals surface area contributed by atoms with E-state index in [4.69, 9.17) is 23.5 Å². The molecule has 0 saturated carbocycles. The minimum atomic E-state index is -1.08. The normalized spacial score (nSPS) is 22.0. The standard InChI is InChI=1S/C20H29BO6/c1-8-9-12-23-14-11-10-13(21-26-18(2,3)19(4,5)27-21)16-15(14)17(22)25-20(6,7)24-16/h10-11H,8-9,12H2,1-7H3. The minimum absolute atomic E-state index is 0.289. The van der Waals surface area contributed by atoms with Crippen LogP contribution in [0.4, 0.5) is 0 Å². The van der Waals surface area contributed by atoms with Gasteiger partial charge in [-0.1, -0.05) is 19.4 Å². The monoisotopic (exact) mass is 376 g/mol. The van der Waals surface area contributed by atoms with Gasteiger partial charge in [-0.25, -0.2) is 4.79 Å². The van der Waals surface area contributed by atoms with Crippen molar-refractivity contribution in [3.63, 3.8) is 0 Å². The number of hydrogen-bond donors (Lipinski definition) is 0. The Kier molecular flexibility index (Phi) is 4.97. The van der Waals surface area contributed by atoms with Crippen molar-refractivity contribution in [3.8, 4) is 11.5 Å². The van der Waals surface area contributed by atoms with Gasteiger partial charge in [0.15, 0.2) is 0 Å². The fraction of sp³-hybridized carbons (Fsp3) is 0.650. The van der Waals surface area contributed by atoms with Crippen molar-refractivity contribution in [2.75, 3.05) is 6.61 Å². The van der Waals surface area contributed by atoms with Gasteiger partial charge in [-0.05, 0) is 40.2 Å². The zero-order valence-corrected chi connectivity index (χ0v) is 17.3. The molecule has 1 saturated heterocycles.